The molecule has 8 rings (SSSR count). The summed E-state index contributed by atoms with van der Waals surface area (Å²) in [5.74, 6) is 1.54. The van der Waals surface area contributed by atoms with Gasteiger partial charge in [-0.2, -0.15) is 0 Å². The zero-order chi connectivity index (χ0) is 32.6. The third-order valence-corrected chi connectivity index (χ3v) is 9.99. The molecule has 0 heterocycles. The van der Waals surface area contributed by atoms with Crippen LogP contribution in [0.4, 0.5) is 0 Å². The van der Waals surface area contributed by atoms with Gasteiger partial charge in [-0.1, -0.05) is 146 Å². The standard InChI is InChI=1S/C46H38N2/c1-31-40(32-16-7-3-8-17-32)30-42(45(34-20-11-5-12-21-34)44(31)33-18-9-4-10-19-33)37-25-15-24-36(26-37)38-27-39-28-41(39)43(29-38)48(2)46(47)35-22-13-6-14-23-35/h3-27,29-30,39,41,47H,28H2,1-2H3. The molecule has 2 unspecified atom stereocenters. The lowest BCUT2D eigenvalue weighted by molar-refractivity contribution is 0.565. The average Bonchev–Trinajstić information content (AvgIpc) is 3.95. The van der Waals surface area contributed by atoms with E-state index in [1.807, 2.05) is 37.4 Å². The summed E-state index contributed by atoms with van der Waals surface area (Å²) >= 11 is 0. The number of hydrogen-bond acceptors (Lipinski definition) is 1. The van der Waals surface area contributed by atoms with Gasteiger partial charge in [0.2, 0.25) is 0 Å². The largest absolute Gasteiger partial charge is 0.333 e. The Morgan fingerprint density at radius 3 is 1.77 bits per heavy atom. The predicted molar refractivity (Wildman–Crippen MR) is 202 cm³/mol. The quantitative estimate of drug-likeness (QED) is 0.140. The lowest BCUT2D eigenvalue weighted by atomic mass is 9.81. The second-order valence-corrected chi connectivity index (χ2v) is 13.0. The highest BCUT2D eigenvalue weighted by molar-refractivity contribution is 6.01. The van der Waals surface area contributed by atoms with Gasteiger partial charge in [0.25, 0.3) is 0 Å². The zero-order valence-electron chi connectivity index (χ0n) is 27.4. The van der Waals surface area contributed by atoms with Crippen LogP contribution in [0, 0.1) is 24.2 Å². The summed E-state index contributed by atoms with van der Waals surface area (Å²) in [7, 11) is 2.05. The molecular weight excluding hydrogens is 581 g/mol. The van der Waals surface area contributed by atoms with Crippen LogP contribution in [0.1, 0.15) is 23.1 Å². The van der Waals surface area contributed by atoms with Crippen LogP contribution in [0.15, 0.2) is 170 Å². The third-order valence-electron chi connectivity index (χ3n) is 9.99. The van der Waals surface area contributed by atoms with Gasteiger partial charge in [-0.05, 0) is 98.7 Å². The van der Waals surface area contributed by atoms with E-state index in [1.54, 1.807) is 0 Å². The molecule has 6 aromatic carbocycles. The maximum atomic E-state index is 8.97. The molecule has 0 radical (unpaired) electrons. The molecule has 2 aliphatic carbocycles. The first-order valence-corrected chi connectivity index (χ1v) is 16.8. The summed E-state index contributed by atoms with van der Waals surface area (Å²) in [6.45, 7) is 2.27. The fourth-order valence-electron chi connectivity index (χ4n) is 7.39. The van der Waals surface area contributed by atoms with Gasteiger partial charge in [0.05, 0.1) is 0 Å². The Kier molecular flexibility index (Phi) is 7.70. The second kappa shape index (κ2) is 12.5. The van der Waals surface area contributed by atoms with Crippen LogP contribution in [0.3, 0.4) is 0 Å². The highest BCUT2D eigenvalue weighted by atomic mass is 15.2. The van der Waals surface area contributed by atoms with Crippen molar-refractivity contribution in [2.24, 2.45) is 11.8 Å². The SMILES string of the molecule is Cc1c(-c2ccccc2)cc(-c2cccc(C3=CC4CC4C(N(C)C(=N)c4ccccc4)=C3)c2)c(-c2ccccc2)c1-c1ccccc1. The van der Waals surface area contributed by atoms with Gasteiger partial charge in [-0.15, -0.1) is 0 Å². The van der Waals surface area contributed by atoms with Gasteiger partial charge in [-0.25, -0.2) is 0 Å². The molecule has 0 aliphatic heterocycles. The number of nitrogens with one attached hydrogen (secondary N) is 1. The molecule has 6 aromatic rings. The van der Waals surface area contributed by atoms with Crippen LogP contribution < -0.4 is 0 Å². The van der Waals surface area contributed by atoms with Gasteiger partial charge in [-0.3, -0.25) is 5.41 Å². The Labute approximate surface area is 283 Å². The molecular formula is C46H38N2. The lowest BCUT2D eigenvalue weighted by Crippen LogP contribution is -2.28. The third kappa shape index (κ3) is 5.50. The summed E-state index contributed by atoms with van der Waals surface area (Å²) in [5, 5.41) is 8.97. The van der Waals surface area contributed by atoms with Gasteiger partial charge in [0.15, 0.2) is 0 Å². The summed E-state index contributed by atoms with van der Waals surface area (Å²) in [6.07, 6.45) is 5.91. The molecule has 2 heteroatoms. The highest BCUT2D eigenvalue weighted by Crippen LogP contribution is 2.52. The number of amidine groups is 1. The van der Waals surface area contributed by atoms with Crippen molar-refractivity contribution >= 4 is 11.4 Å². The van der Waals surface area contributed by atoms with E-state index < -0.39 is 0 Å². The minimum absolute atomic E-state index is 0.481. The number of benzene rings is 6. The maximum absolute atomic E-state index is 8.97. The Balaban J connectivity index is 1.29. The summed E-state index contributed by atoms with van der Waals surface area (Å²) in [6, 6.07) is 54.0. The van der Waals surface area contributed by atoms with E-state index in [0.29, 0.717) is 17.7 Å². The maximum Gasteiger partial charge on any atom is 0.132 e. The number of allylic oxidation sites excluding steroid dienone is 4. The van der Waals surface area contributed by atoms with Crippen LogP contribution in [0.2, 0.25) is 0 Å². The van der Waals surface area contributed by atoms with Crippen molar-refractivity contribution in [1.82, 2.24) is 4.90 Å². The first-order valence-electron chi connectivity index (χ1n) is 16.8. The highest BCUT2D eigenvalue weighted by Gasteiger charge is 2.43. The van der Waals surface area contributed by atoms with E-state index in [4.69, 9.17) is 5.41 Å². The van der Waals surface area contributed by atoms with Gasteiger partial charge >= 0.3 is 0 Å². The van der Waals surface area contributed by atoms with Crippen LogP contribution >= 0.6 is 0 Å². The summed E-state index contributed by atoms with van der Waals surface area (Å²) in [4.78, 5) is 2.09. The molecule has 48 heavy (non-hydrogen) atoms. The van der Waals surface area contributed by atoms with E-state index in [-0.39, 0.29) is 0 Å². The molecule has 0 spiro atoms. The van der Waals surface area contributed by atoms with Crippen molar-refractivity contribution < 1.29 is 0 Å². The minimum atomic E-state index is 0.481. The normalized spacial score (nSPS) is 16.4. The first kappa shape index (κ1) is 29.7. The number of hydrogen-bond donors (Lipinski definition) is 1. The molecule has 0 bridgehead atoms. The van der Waals surface area contributed by atoms with E-state index in [1.165, 1.54) is 66.9 Å². The number of rotatable bonds is 7. The molecule has 0 saturated heterocycles. The van der Waals surface area contributed by atoms with E-state index in [2.05, 4.69) is 145 Å². The van der Waals surface area contributed by atoms with E-state index in [0.717, 1.165) is 12.0 Å². The fraction of sp³-hybridized carbons (Fsp3) is 0.109. The number of fused-ring (bicyclic) bond motifs is 1. The molecule has 2 nitrogen and oxygen atoms in total. The predicted octanol–water partition coefficient (Wildman–Crippen LogP) is 11.5. The molecule has 1 N–H and O–H groups in total. The number of nitrogens with zero attached hydrogens (tertiary/aromatic N) is 1. The van der Waals surface area contributed by atoms with Crippen molar-refractivity contribution in [2.75, 3.05) is 7.05 Å². The van der Waals surface area contributed by atoms with Crippen LogP contribution in [0.5, 0.6) is 0 Å². The molecule has 2 atom stereocenters. The van der Waals surface area contributed by atoms with Gasteiger partial charge in [0, 0.05) is 24.2 Å². The Morgan fingerprint density at radius 2 is 1.12 bits per heavy atom. The molecule has 1 fully saturated rings. The van der Waals surface area contributed by atoms with Crippen molar-refractivity contribution in [3.05, 3.63) is 186 Å². The van der Waals surface area contributed by atoms with Crippen molar-refractivity contribution in [3.8, 4) is 44.5 Å². The average molecular weight is 619 g/mol. The lowest BCUT2D eigenvalue weighted by Gasteiger charge is -2.26. The fourth-order valence-corrected chi connectivity index (χ4v) is 7.39. The first-order chi connectivity index (χ1) is 23.6. The smallest absolute Gasteiger partial charge is 0.132 e. The summed E-state index contributed by atoms with van der Waals surface area (Å²) < 4.78 is 0. The van der Waals surface area contributed by atoms with Crippen LogP contribution in [0.25, 0.3) is 50.1 Å². The molecule has 1 saturated carbocycles. The monoisotopic (exact) mass is 618 g/mol. The van der Waals surface area contributed by atoms with Crippen LogP contribution in [-0.4, -0.2) is 17.8 Å². The summed E-state index contributed by atoms with van der Waals surface area (Å²) in [5.41, 5.74) is 15.7. The molecule has 0 amide bonds. The van der Waals surface area contributed by atoms with Crippen molar-refractivity contribution in [3.63, 3.8) is 0 Å². The second-order valence-electron chi connectivity index (χ2n) is 13.0. The van der Waals surface area contributed by atoms with Gasteiger partial charge < -0.3 is 4.90 Å². The van der Waals surface area contributed by atoms with E-state index in [9.17, 15) is 0 Å². The Morgan fingerprint density at radius 1 is 0.583 bits per heavy atom. The van der Waals surface area contributed by atoms with E-state index >= 15 is 0 Å². The topological polar surface area (TPSA) is 27.1 Å². The van der Waals surface area contributed by atoms with Crippen molar-refractivity contribution in [1.29, 1.82) is 5.41 Å². The van der Waals surface area contributed by atoms with Crippen molar-refractivity contribution in [2.45, 2.75) is 13.3 Å². The molecule has 232 valence electrons. The molecule has 0 aromatic heterocycles. The Bertz CT molecular complexity index is 2180. The Hall–Kier alpha value is -5.73. The minimum Gasteiger partial charge on any atom is -0.333 e. The zero-order valence-corrected chi connectivity index (χ0v) is 27.4. The van der Waals surface area contributed by atoms with Crippen LogP contribution in [-0.2, 0) is 0 Å². The molecule has 2 aliphatic rings. The van der Waals surface area contributed by atoms with Gasteiger partial charge in [0.1, 0.15) is 5.84 Å².